The molecule has 3 heterocycles. The zero-order valence-electron chi connectivity index (χ0n) is 13.2. The monoisotopic (exact) mass is 345 g/mol. The molecular weight excluding hydrogens is 326 g/mol. The first-order valence-corrected chi connectivity index (χ1v) is 9.00. The van der Waals surface area contributed by atoms with Gasteiger partial charge in [-0.25, -0.2) is 0 Å². The molecule has 2 aliphatic rings. The Balaban J connectivity index is 1.48. The standard InChI is InChI=1S/C18H19NO4S/c20-18(19-13-5-7-21-8-6-13)17-4-3-16(24-17)12-1-2-14-15(11-12)23-10-9-22-14/h1-4,11,13H,5-10H2,(H,19,20). The van der Waals surface area contributed by atoms with Crippen LogP contribution in [0.5, 0.6) is 11.5 Å². The summed E-state index contributed by atoms with van der Waals surface area (Å²) in [5.41, 5.74) is 1.04. The molecule has 2 aliphatic heterocycles. The van der Waals surface area contributed by atoms with Gasteiger partial charge in [0.05, 0.1) is 4.88 Å². The van der Waals surface area contributed by atoms with Gasteiger partial charge in [-0.3, -0.25) is 4.79 Å². The molecule has 1 fully saturated rings. The van der Waals surface area contributed by atoms with E-state index in [1.54, 1.807) is 0 Å². The summed E-state index contributed by atoms with van der Waals surface area (Å²) in [6.45, 7) is 2.59. The molecule has 0 aliphatic carbocycles. The van der Waals surface area contributed by atoms with E-state index in [1.807, 2.05) is 30.3 Å². The SMILES string of the molecule is O=C(NC1CCOCC1)c1ccc(-c2ccc3c(c2)OCCO3)s1. The minimum absolute atomic E-state index is 0.00399. The van der Waals surface area contributed by atoms with Gasteiger partial charge < -0.3 is 19.5 Å². The van der Waals surface area contributed by atoms with Gasteiger partial charge in [0.15, 0.2) is 11.5 Å². The van der Waals surface area contributed by atoms with Crippen LogP contribution in [0.4, 0.5) is 0 Å². The second-order valence-corrected chi connectivity index (χ2v) is 6.97. The van der Waals surface area contributed by atoms with E-state index < -0.39 is 0 Å². The summed E-state index contributed by atoms with van der Waals surface area (Å²) in [5, 5.41) is 3.10. The highest BCUT2D eigenvalue weighted by molar-refractivity contribution is 7.17. The third-order valence-corrected chi connectivity index (χ3v) is 5.35. The number of ether oxygens (including phenoxy) is 3. The molecule has 1 aromatic heterocycles. The molecule has 4 rings (SSSR count). The summed E-state index contributed by atoms with van der Waals surface area (Å²) in [4.78, 5) is 14.2. The lowest BCUT2D eigenvalue weighted by Crippen LogP contribution is -2.38. The van der Waals surface area contributed by atoms with E-state index in [9.17, 15) is 4.79 Å². The third kappa shape index (κ3) is 3.25. The molecular formula is C18H19NO4S. The van der Waals surface area contributed by atoms with Crippen LogP contribution < -0.4 is 14.8 Å². The summed E-state index contributed by atoms with van der Waals surface area (Å²) in [7, 11) is 0. The molecule has 1 amide bonds. The van der Waals surface area contributed by atoms with E-state index in [2.05, 4.69) is 5.32 Å². The molecule has 1 N–H and O–H groups in total. The first-order valence-electron chi connectivity index (χ1n) is 8.18. The second kappa shape index (κ2) is 6.83. The fraction of sp³-hybridized carbons (Fsp3) is 0.389. The van der Waals surface area contributed by atoms with Crippen LogP contribution in [0, 0.1) is 0 Å². The number of rotatable bonds is 3. The molecule has 126 valence electrons. The van der Waals surface area contributed by atoms with E-state index >= 15 is 0 Å². The summed E-state index contributed by atoms with van der Waals surface area (Å²) >= 11 is 1.49. The van der Waals surface area contributed by atoms with Crippen molar-refractivity contribution in [3.8, 4) is 21.9 Å². The van der Waals surface area contributed by atoms with Crippen LogP contribution in [-0.2, 0) is 4.74 Å². The maximum Gasteiger partial charge on any atom is 0.261 e. The Morgan fingerprint density at radius 1 is 1.00 bits per heavy atom. The molecule has 0 bridgehead atoms. The number of amides is 1. The van der Waals surface area contributed by atoms with Gasteiger partial charge in [-0.05, 0) is 48.7 Å². The van der Waals surface area contributed by atoms with Gasteiger partial charge in [0.2, 0.25) is 0 Å². The van der Waals surface area contributed by atoms with E-state index in [-0.39, 0.29) is 11.9 Å². The molecule has 0 radical (unpaired) electrons. The highest BCUT2D eigenvalue weighted by Gasteiger charge is 2.19. The molecule has 6 heteroatoms. The smallest absolute Gasteiger partial charge is 0.261 e. The van der Waals surface area contributed by atoms with Gasteiger partial charge in [0.25, 0.3) is 5.91 Å². The van der Waals surface area contributed by atoms with Crippen molar-refractivity contribution in [3.63, 3.8) is 0 Å². The van der Waals surface area contributed by atoms with Crippen molar-refractivity contribution in [1.82, 2.24) is 5.32 Å². The first-order chi connectivity index (χ1) is 11.8. The Bertz CT molecular complexity index is 736. The van der Waals surface area contributed by atoms with Crippen molar-refractivity contribution in [1.29, 1.82) is 0 Å². The Morgan fingerprint density at radius 3 is 2.62 bits per heavy atom. The van der Waals surface area contributed by atoms with Crippen LogP contribution in [0.1, 0.15) is 22.5 Å². The fourth-order valence-electron chi connectivity index (χ4n) is 2.91. The van der Waals surface area contributed by atoms with E-state index in [0.29, 0.717) is 13.2 Å². The van der Waals surface area contributed by atoms with Crippen LogP contribution in [0.3, 0.4) is 0 Å². The number of nitrogens with one attached hydrogen (secondary N) is 1. The second-order valence-electron chi connectivity index (χ2n) is 5.88. The highest BCUT2D eigenvalue weighted by atomic mass is 32.1. The number of hydrogen-bond acceptors (Lipinski definition) is 5. The highest BCUT2D eigenvalue weighted by Crippen LogP contribution is 2.36. The van der Waals surface area contributed by atoms with Gasteiger partial charge in [-0.15, -0.1) is 11.3 Å². The summed E-state index contributed by atoms with van der Waals surface area (Å²) < 4.78 is 16.5. The van der Waals surface area contributed by atoms with Gasteiger partial charge in [-0.1, -0.05) is 0 Å². The largest absolute Gasteiger partial charge is 0.486 e. The number of thiophene rings is 1. The molecule has 1 aromatic carbocycles. The Hall–Kier alpha value is -2.05. The van der Waals surface area contributed by atoms with Crippen molar-refractivity contribution >= 4 is 17.2 Å². The normalized spacial score (nSPS) is 17.5. The van der Waals surface area contributed by atoms with Crippen LogP contribution in [0.15, 0.2) is 30.3 Å². The average molecular weight is 345 g/mol. The minimum atomic E-state index is -0.00399. The maximum atomic E-state index is 12.4. The lowest BCUT2D eigenvalue weighted by atomic mass is 10.1. The van der Waals surface area contributed by atoms with Gasteiger partial charge in [-0.2, -0.15) is 0 Å². The van der Waals surface area contributed by atoms with Crippen molar-refractivity contribution in [3.05, 3.63) is 35.2 Å². The van der Waals surface area contributed by atoms with E-state index in [4.69, 9.17) is 14.2 Å². The lowest BCUT2D eigenvalue weighted by Gasteiger charge is -2.22. The fourth-order valence-corrected chi connectivity index (χ4v) is 3.82. The van der Waals surface area contributed by atoms with Gasteiger partial charge in [0.1, 0.15) is 13.2 Å². The van der Waals surface area contributed by atoms with E-state index in [0.717, 1.165) is 52.9 Å². The molecule has 2 aromatic rings. The molecule has 0 spiro atoms. The predicted molar refractivity (Wildman–Crippen MR) is 92.1 cm³/mol. The number of fused-ring (bicyclic) bond motifs is 1. The molecule has 1 saturated heterocycles. The molecule has 5 nitrogen and oxygen atoms in total. The first kappa shape index (κ1) is 15.5. The van der Waals surface area contributed by atoms with Crippen molar-refractivity contribution in [2.45, 2.75) is 18.9 Å². The Labute approximate surface area is 144 Å². The lowest BCUT2D eigenvalue weighted by molar-refractivity contribution is 0.0698. The van der Waals surface area contributed by atoms with Crippen LogP contribution >= 0.6 is 11.3 Å². The van der Waals surface area contributed by atoms with Crippen molar-refractivity contribution < 1.29 is 19.0 Å². The summed E-state index contributed by atoms with van der Waals surface area (Å²) in [6, 6.07) is 9.97. The average Bonchev–Trinajstić information content (AvgIpc) is 3.12. The van der Waals surface area contributed by atoms with Crippen molar-refractivity contribution in [2.24, 2.45) is 0 Å². The van der Waals surface area contributed by atoms with Gasteiger partial charge >= 0.3 is 0 Å². The molecule has 24 heavy (non-hydrogen) atoms. The number of hydrogen-bond donors (Lipinski definition) is 1. The van der Waals surface area contributed by atoms with Gasteiger partial charge in [0, 0.05) is 24.1 Å². The van der Waals surface area contributed by atoms with Crippen LogP contribution in [0.25, 0.3) is 10.4 Å². The van der Waals surface area contributed by atoms with Crippen LogP contribution in [0.2, 0.25) is 0 Å². The molecule has 0 saturated carbocycles. The van der Waals surface area contributed by atoms with E-state index in [1.165, 1.54) is 11.3 Å². The molecule has 0 unspecified atom stereocenters. The zero-order valence-corrected chi connectivity index (χ0v) is 14.1. The Kier molecular flexibility index (Phi) is 4.40. The number of carbonyl (C=O) groups is 1. The maximum absolute atomic E-state index is 12.4. The quantitative estimate of drug-likeness (QED) is 0.929. The Morgan fingerprint density at radius 2 is 1.79 bits per heavy atom. The topological polar surface area (TPSA) is 56.8 Å². The van der Waals surface area contributed by atoms with Crippen molar-refractivity contribution in [2.75, 3.05) is 26.4 Å². The van der Waals surface area contributed by atoms with Crippen LogP contribution in [-0.4, -0.2) is 38.4 Å². The zero-order chi connectivity index (χ0) is 16.4. The predicted octanol–water partition coefficient (Wildman–Crippen LogP) is 3.10. The minimum Gasteiger partial charge on any atom is -0.486 e. The number of benzene rings is 1. The molecule has 0 atom stereocenters. The number of carbonyl (C=O) groups excluding carboxylic acids is 1. The summed E-state index contributed by atoms with van der Waals surface area (Å²) in [5.74, 6) is 1.54. The third-order valence-electron chi connectivity index (χ3n) is 4.21. The summed E-state index contributed by atoms with van der Waals surface area (Å²) in [6.07, 6.45) is 1.76.